The van der Waals surface area contributed by atoms with Crippen LogP contribution in [0, 0.1) is 11.3 Å². The molecule has 3 aromatic rings. The molecule has 0 saturated heterocycles. The molecule has 7 nitrogen and oxygen atoms in total. The summed E-state index contributed by atoms with van der Waals surface area (Å²) in [6, 6.07) is 18.0. The summed E-state index contributed by atoms with van der Waals surface area (Å²) in [7, 11) is 0. The maximum Gasteiger partial charge on any atom is 0.350 e. The molecule has 2 aromatic carbocycles. The van der Waals surface area contributed by atoms with Crippen LogP contribution in [-0.2, 0) is 6.54 Å². The van der Waals surface area contributed by atoms with Gasteiger partial charge in [0, 0.05) is 18.0 Å². The highest BCUT2D eigenvalue weighted by molar-refractivity contribution is 5.94. The lowest BCUT2D eigenvalue weighted by Gasteiger charge is -2.05. The van der Waals surface area contributed by atoms with Crippen molar-refractivity contribution in [2.24, 2.45) is 0 Å². The Morgan fingerprint density at radius 2 is 1.96 bits per heavy atom. The molecule has 1 heterocycles. The minimum atomic E-state index is -0.282. The Labute approximate surface area is 161 Å². The van der Waals surface area contributed by atoms with Crippen molar-refractivity contribution in [3.8, 4) is 11.8 Å². The number of nitriles is 1. The summed E-state index contributed by atoms with van der Waals surface area (Å²) in [4.78, 5) is 25.1. The molecule has 1 fully saturated rings. The van der Waals surface area contributed by atoms with Crippen LogP contribution in [0.5, 0.6) is 0 Å². The second-order valence-electron chi connectivity index (χ2n) is 6.76. The maximum atomic E-state index is 12.9. The van der Waals surface area contributed by atoms with Crippen LogP contribution in [0.3, 0.4) is 0 Å². The van der Waals surface area contributed by atoms with Crippen LogP contribution in [0.15, 0.2) is 59.4 Å². The molecule has 0 bridgehead atoms. The number of amides is 1. The highest BCUT2D eigenvalue weighted by Gasteiger charge is 2.31. The average molecular weight is 373 g/mol. The molecule has 1 aliphatic carbocycles. The quantitative estimate of drug-likeness (QED) is 0.717. The van der Waals surface area contributed by atoms with Crippen LogP contribution >= 0.6 is 0 Å². The molecule has 1 aliphatic rings. The summed E-state index contributed by atoms with van der Waals surface area (Å²) in [5, 5.41) is 16.2. The third kappa shape index (κ3) is 3.58. The highest BCUT2D eigenvalue weighted by Crippen LogP contribution is 2.39. The molecule has 1 saturated carbocycles. The Morgan fingerprint density at radius 3 is 2.68 bits per heavy atom. The number of nitrogens with one attached hydrogen (secondary N) is 1. The topological polar surface area (TPSA) is 92.7 Å². The lowest BCUT2D eigenvalue weighted by atomic mass is 10.1. The fourth-order valence-electron chi connectivity index (χ4n) is 3.10. The lowest BCUT2D eigenvalue weighted by Crippen LogP contribution is -2.32. The van der Waals surface area contributed by atoms with E-state index in [-0.39, 0.29) is 24.7 Å². The van der Waals surface area contributed by atoms with E-state index in [1.807, 2.05) is 36.4 Å². The summed E-state index contributed by atoms with van der Waals surface area (Å²) >= 11 is 0. The molecule has 0 radical (unpaired) electrons. The van der Waals surface area contributed by atoms with Gasteiger partial charge in [-0.1, -0.05) is 24.3 Å². The Kier molecular flexibility index (Phi) is 4.77. The minimum absolute atomic E-state index is 0.200. The van der Waals surface area contributed by atoms with Gasteiger partial charge in [-0.3, -0.25) is 4.79 Å². The first-order valence-electron chi connectivity index (χ1n) is 9.21. The normalized spacial score (nSPS) is 13.1. The molecule has 1 aromatic heterocycles. The van der Waals surface area contributed by atoms with E-state index < -0.39 is 0 Å². The van der Waals surface area contributed by atoms with Crippen LogP contribution < -0.4 is 11.0 Å². The smallest absolute Gasteiger partial charge is 0.350 e. The van der Waals surface area contributed by atoms with Gasteiger partial charge >= 0.3 is 5.69 Å². The Hall–Kier alpha value is -3.66. The zero-order chi connectivity index (χ0) is 19.5. The second kappa shape index (κ2) is 7.53. The maximum absolute atomic E-state index is 12.9. The van der Waals surface area contributed by atoms with E-state index >= 15 is 0 Å². The molecule has 4 rings (SSSR count). The fraction of sp³-hybridized carbons (Fsp3) is 0.238. The van der Waals surface area contributed by atoms with Crippen LogP contribution in [0.4, 0.5) is 0 Å². The van der Waals surface area contributed by atoms with Crippen molar-refractivity contribution in [2.45, 2.75) is 25.3 Å². The van der Waals surface area contributed by atoms with Gasteiger partial charge in [-0.2, -0.15) is 10.4 Å². The second-order valence-corrected chi connectivity index (χ2v) is 6.76. The van der Waals surface area contributed by atoms with Crippen LogP contribution in [0.1, 0.15) is 40.5 Å². The molecule has 0 atom stereocenters. The summed E-state index contributed by atoms with van der Waals surface area (Å²) < 4.78 is 3.07. The summed E-state index contributed by atoms with van der Waals surface area (Å²) in [5.74, 6) is 0.816. The molecule has 28 heavy (non-hydrogen) atoms. The van der Waals surface area contributed by atoms with E-state index in [4.69, 9.17) is 5.26 Å². The SMILES string of the molecule is N#Cc1cccc(C(=O)NCCn2nc(C3CC3)n(-c3ccccc3)c2=O)c1. The van der Waals surface area contributed by atoms with E-state index in [0.29, 0.717) is 17.0 Å². The fourth-order valence-corrected chi connectivity index (χ4v) is 3.10. The number of rotatable bonds is 6. The van der Waals surface area contributed by atoms with Crippen molar-refractivity contribution in [1.29, 1.82) is 5.26 Å². The third-order valence-corrected chi connectivity index (χ3v) is 4.68. The van der Waals surface area contributed by atoms with Crippen molar-refractivity contribution < 1.29 is 4.79 Å². The Morgan fingerprint density at radius 1 is 1.18 bits per heavy atom. The van der Waals surface area contributed by atoms with Gasteiger partial charge in [0.05, 0.1) is 23.9 Å². The van der Waals surface area contributed by atoms with Gasteiger partial charge in [-0.05, 0) is 43.2 Å². The van der Waals surface area contributed by atoms with E-state index in [1.54, 1.807) is 22.8 Å². The number of hydrogen-bond donors (Lipinski definition) is 1. The lowest BCUT2D eigenvalue weighted by molar-refractivity contribution is 0.0951. The van der Waals surface area contributed by atoms with Gasteiger partial charge in [0.1, 0.15) is 5.82 Å². The van der Waals surface area contributed by atoms with Crippen LogP contribution in [0.25, 0.3) is 5.69 Å². The minimum Gasteiger partial charge on any atom is -0.350 e. The van der Waals surface area contributed by atoms with Gasteiger partial charge in [0.2, 0.25) is 0 Å². The van der Waals surface area contributed by atoms with Crippen molar-refractivity contribution in [1.82, 2.24) is 19.7 Å². The largest absolute Gasteiger partial charge is 0.350 e. The molecule has 0 unspecified atom stereocenters. The van der Waals surface area contributed by atoms with Crippen molar-refractivity contribution in [2.75, 3.05) is 6.54 Å². The monoisotopic (exact) mass is 373 g/mol. The standard InChI is InChI=1S/C21H19N5O2/c22-14-15-5-4-6-17(13-15)20(27)23-11-12-25-21(28)26(18-7-2-1-3-8-18)19(24-25)16-9-10-16/h1-8,13,16H,9-12H2,(H,23,27). The van der Waals surface area contributed by atoms with E-state index in [0.717, 1.165) is 24.4 Å². The molecule has 7 heteroatoms. The number of para-hydroxylation sites is 1. The van der Waals surface area contributed by atoms with Crippen LogP contribution in [-0.4, -0.2) is 26.8 Å². The number of carbonyl (C=O) groups is 1. The summed E-state index contributed by atoms with van der Waals surface area (Å²) in [6.07, 6.45) is 2.07. The van der Waals surface area contributed by atoms with Gasteiger partial charge in [-0.15, -0.1) is 0 Å². The number of carbonyl (C=O) groups excluding carboxylic acids is 1. The number of nitrogens with zero attached hydrogens (tertiary/aromatic N) is 4. The molecule has 1 amide bonds. The zero-order valence-corrected chi connectivity index (χ0v) is 15.2. The molecule has 0 aliphatic heterocycles. The van der Waals surface area contributed by atoms with Gasteiger partial charge < -0.3 is 5.32 Å². The summed E-state index contributed by atoms with van der Waals surface area (Å²) in [5.41, 5.74) is 1.45. The molecular formula is C21H19N5O2. The predicted molar refractivity (Wildman–Crippen MR) is 103 cm³/mol. The highest BCUT2D eigenvalue weighted by atomic mass is 16.2. The third-order valence-electron chi connectivity index (χ3n) is 4.68. The van der Waals surface area contributed by atoms with Crippen LogP contribution in [0.2, 0.25) is 0 Å². The van der Waals surface area contributed by atoms with Crippen molar-refractivity contribution in [3.05, 3.63) is 82.0 Å². The van der Waals surface area contributed by atoms with Gasteiger partial charge in [0.15, 0.2) is 0 Å². The zero-order valence-electron chi connectivity index (χ0n) is 15.2. The first-order valence-corrected chi connectivity index (χ1v) is 9.21. The Bertz CT molecular complexity index is 1100. The number of hydrogen-bond acceptors (Lipinski definition) is 4. The van der Waals surface area contributed by atoms with Crippen molar-refractivity contribution in [3.63, 3.8) is 0 Å². The van der Waals surface area contributed by atoms with E-state index in [1.165, 1.54) is 10.7 Å². The van der Waals surface area contributed by atoms with Gasteiger partial charge in [0.25, 0.3) is 5.91 Å². The molecule has 0 spiro atoms. The molecular weight excluding hydrogens is 354 g/mol. The predicted octanol–water partition coefficient (Wildman–Crippen LogP) is 2.21. The van der Waals surface area contributed by atoms with E-state index in [9.17, 15) is 9.59 Å². The van der Waals surface area contributed by atoms with Crippen molar-refractivity contribution >= 4 is 5.91 Å². The molecule has 1 N–H and O–H groups in total. The Balaban J connectivity index is 1.49. The van der Waals surface area contributed by atoms with E-state index in [2.05, 4.69) is 10.4 Å². The number of aromatic nitrogens is 3. The van der Waals surface area contributed by atoms with Gasteiger partial charge in [-0.25, -0.2) is 14.0 Å². The average Bonchev–Trinajstić information content (AvgIpc) is 3.53. The first kappa shape index (κ1) is 17.7. The number of benzene rings is 2. The first-order chi connectivity index (χ1) is 13.7. The molecule has 140 valence electrons. The summed E-state index contributed by atoms with van der Waals surface area (Å²) in [6.45, 7) is 0.549.